The molecule has 1 saturated carbocycles. The summed E-state index contributed by atoms with van der Waals surface area (Å²) in [5.74, 6) is 0.0243. The van der Waals surface area contributed by atoms with Gasteiger partial charge in [0, 0.05) is 25.2 Å². The molecule has 17 heavy (non-hydrogen) atoms. The monoisotopic (exact) mass is 241 g/mol. The molecule has 0 aromatic rings. The Labute approximate surface area is 105 Å². The molecule has 0 aromatic carbocycles. The number of nitrogens with one attached hydrogen (secondary N) is 1. The summed E-state index contributed by atoms with van der Waals surface area (Å²) in [6.45, 7) is 10.3. The van der Waals surface area contributed by atoms with Gasteiger partial charge in [0.05, 0.1) is 5.54 Å². The number of nitrogens with zero attached hydrogens (tertiary/aromatic N) is 1. The van der Waals surface area contributed by atoms with Crippen LogP contribution < -0.4 is 11.1 Å². The lowest BCUT2D eigenvalue weighted by Crippen LogP contribution is -2.59. The first-order chi connectivity index (χ1) is 7.87. The standard InChI is InChI=1S/C13H27N3O/c1-10(2)16(11(3)4)9-8-15-12(17)13(14)6-5-7-13/h10-11H,5-9,14H2,1-4H3,(H,15,17). The van der Waals surface area contributed by atoms with Gasteiger partial charge in [-0.15, -0.1) is 0 Å². The molecule has 1 amide bonds. The predicted molar refractivity (Wildman–Crippen MR) is 70.8 cm³/mol. The van der Waals surface area contributed by atoms with Gasteiger partial charge < -0.3 is 11.1 Å². The van der Waals surface area contributed by atoms with Crippen molar-refractivity contribution in [1.82, 2.24) is 10.2 Å². The molecule has 0 aliphatic heterocycles. The van der Waals surface area contributed by atoms with Crippen LogP contribution in [0.1, 0.15) is 47.0 Å². The Morgan fingerprint density at radius 3 is 2.18 bits per heavy atom. The zero-order chi connectivity index (χ0) is 13.1. The smallest absolute Gasteiger partial charge is 0.240 e. The third-order valence-electron chi connectivity index (χ3n) is 3.68. The lowest BCUT2D eigenvalue weighted by molar-refractivity contribution is -0.129. The molecule has 1 rings (SSSR count). The lowest BCUT2D eigenvalue weighted by atomic mass is 9.77. The largest absolute Gasteiger partial charge is 0.353 e. The van der Waals surface area contributed by atoms with Crippen LogP contribution in [0.15, 0.2) is 0 Å². The SMILES string of the molecule is CC(C)N(CCNC(=O)C1(N)CCC1)C(C)C. The summed E-state index contributed by atoms with van der Waals surface area (Å²) in [5, 5.41) is 2.96. The normalized spacial score (nSPS) is 18.6. The maximum atomic E-state index is 11.8. The van der Waals surface area contributed by atoms with Gasteiger partial charge in [-0.25, -0.2) is 0 Å². The molecule has 0 unspecified atom stereocenters. The molecule has 3 N–H and O–H groups in total. The Morgan fingerprint density at radius 2 is 1.82 bits per heavy atom. The number of rotatable bonds is 6. The van der Waals surface area contributed by atoms with E-state index in [9.17, 15) is 4.79 Å². The first-order valence-electron chi connectivity index (χ1n) is 6.70. The molecule has 0 radical (unpaired) electrons. The number of carbonyl (C=O) groups excluding carboxylic acids is 1. The average Bonchev–Trinajstić information content (AvgIpc) is 2.19. The number of nitrogens with two attached hydrogens (primary N) is 1. The fraction of sp³-hybridized carbons (Fsp3) is 0.923. The predicted octanol–water partition coefficient (Wildman–Crippen LogP) is 1.10. The van der Waals surface area contributed by atoms with E-state index in [0.717, 1.165) is 25.8 Å². The van der Waals surface area contributed by atoms with E-state index >= 15 is 0 Å². The molecule has 0 heterocycles. The Bertz CT molecular complexity index is 251. The van der Waals surface area contributed by atoms with Crippen LogP contribution in [-0.4, -0.2) is 41.5 Å². The van der Waals surface area contributed by atoms with E-state index in [4.69, 9.17) is 5.73 Å². The Kier molecular flexibility index (Phi) is 4.95. The van der Waals surface area contributed by atoms with Crippen molar-refractivity contribution in [3.63, 3.8) is 0 Å². The Morgan fingerprint density at radius 1 is 1.29 bits per heavy atom. The summed E-state index contributed by atoms with van der Waals surface area (Å²) in [4.78, 5) is 14.2. The highest BCUT2D eigenvalue weighted by atomic mass is 16.2. The van der Waals surface area contributed by atoms with Gasteiger partial charge in [-0.2, -0.15) is 0 Å². The van der Waals surface area contributed by atoms with Crippen LogP contribution >= 0.6 is 0 Å². The second-order valence-electron chi connectivity index (χ2n) is 5.69. The average molecular weight is 241 g/mol. The maximum Gasteiger partial charge on any atom is 0.240 e. The van der Waals surface area contributed by atoms with Gasteiger partial charge in [0.1, 0.15) is 0 Å². The molecule has 1 aliphatic carbocycles. The van der Waals surface area contributed by atoms with E-state index < -0.39 is 5.54 Å². The van der Waals surface area contributed by atoms with Gasteiger partial charge in [0.25, 0.3) is 0 Å². The zero-order valence-corrected chi connectivity index (χ0v) is 11.6. The maximum absolute atomic E-state index is 11.8. The van der Waals surface area contributed by atoms with Gasteiger partial charge in [-0.05, 0) is 47.0 Å². The minimum Gasteiger partial charge on any atom is -0.353 e. The van der Waals surface area contributed by atoms with Crippen molar-refractivity contribution in [2.24, 2.45) is 5.73 Å². The van der Waals surface area contributed by atoms with E-state index in [0.29, 0.717) is 18.6 Å². The lowest BCUT2D eigenvalue weighted by Gasteiger charge is -2.37. The van der Waals surface area contributed by atoms with Crippen molar-refractivity contribution >= 4 is 5.91 Å². The summed E-state index contributed by atoms with van der Waals surface area (Å²) < 4.78 is 0. The van der Waals surface area contributed by atoms with Gasteiger partial charge in [0.15, 0.2) is 0 Å². The second-order valence-corrected chi connectivity index (χ2v) is 5.69. The molecule has 0 atom stereocenters. The molecule has 0 bridgehead atoms. The van der Waals surface area contributed by atoms with Crippen LogP contribution in [0.5, 0.6) is 0 Å². The second kappa shape index (κ2) is 5.83. The van der Waals surface area contributed by atoms with E-state index in [-0.39, 0.29) is 5.91 Å². The van der Waals surface area contributed by atoms with Crippen molar-refractivity contribution in [1.29, 1.82) is 0 Å². The molecule has 100 valence electrons. The summed E-state index contributed by atoms with van der Waals surface area (Å²) >= 11 is 0. The highest BCUT2D eigenvalue weighted by Crippen LogP contribution is 2.28. The van der Waals surface area contributed by atoms with Crippen molar-refractivity contribution in [2.75, 3.05) is 13.1 Å². The third kappa shape index (κ3) is 3.68. The number of amides is 1. The summed E-state index contributed by atoms with van der Waals surface area (Å²) in [7, 11) is 0. The molecule has 1 fully saturated rings. The molecule has 0 spiro atoms. The van der Waals surface area contributed by atoms with Crippen LogP contribution in [0.3, 0.4) is 0 Å². The van der Waals surface area contributed by atoms with E-state index in [1.165, 1.54) is 0 Å². The fourth-order valence-corrected chi connectivity index (χ4v) is 2.37. The van der Waals surface area contributed by atoms with Crippen molar-refractivity contribution in [2.45, 2.75) is 64.6 Å². The van der Waals surface area contributed by atoms with Crippen molar-refractivity contribution < 1.29 is 4.79 Å². The summed E-state index contributed by atoms with van der Waals surface area (Å²) in [6, 6.07) is 1.00. The summed E-state index contributed by atoms with van der Waals surface area (Å²) in [6.07, 6.45) is 2.74. The number of hydrogen-bond donors (Lipinski definition) is 2. The molecule has 4 nitrogen and oxygen atoms in total. The van der Waals surface area contributed by atoms with Gasteiger partial charge in [-0.3, -0.25) is 9.69 Å². The zero-order valence-electron chi connectivity index (χ0n) is 11.6. The molecule has 0 aromatic heterocycles. The minimum atomic E-state index is -0.569. The van der Waals surface area contributed by atoms with Crippen LogP contribution in [-0.2, 0) is 4.79 Å². The van der Waals surface area contributed by atoms with Gasteiger partial charge in [-0.1, -0.05) is 0 Å². The van der Waals surface area contributed by atoms with Crippen LogP contribution in [0.4, 0.5) is 0 Å². The number of hydrogen-bond acceptors (Lipinski definition) is 3. The Balaban J connectivity index is 2.29. The molecular formula is C13H27N3O. The third-order valence-corrected chi connectivity index (χ3v) is 3.68. The number of carbonyl (C=O) groups is 1. The van der Waals surface area contributed by atoms with Crippen LogP contribution in [0.2, 0.25) is 0 Å². The highest BCUT2D eigenvalue weighted by Gasteiger charge is 2.39. The van der Waals surface area contributed by atoms with Gasteiger partial charge >= 0.3 is 0 Å². The van der Waals surface area contributed by atoms with Crippen LogP contribution in [0, 0.1) is 0 Å². The van der Waals surface area contributed by atoms with Crippen LogP contribution in [0.25, 0.3) is 0 Å². The van der Waals surface area contributed by atoms with E-state index in [1.54, 1.807) is 0 Å². The highest BCUT2D eigenvalue weighted by molar-refractivity contribution is 5.86. The minimum absolute atomic E-state index is 0.0243. The molecule has 0 saturated heterocycles. The topological polar surface area (TPSA) is 58.4 Å². The van der Waals surface area contributed by atoms with E-state index in [1.807, 2.05) is 0 Å². The first kappa shape index (κ1) is 14.5. The Hall–Kier alpha value is -0.610. The quantitative estimate of drug-likeness (QED) is 0.732. The fourth-order valence-electron chi connectivity index (χ4n) is 2.37. The first-order valence-corrected chi connectivity index (χ1v) is 6.70. The summed E-state index contributed by atoms with van der Waals surface area (Å²) in [5.41, 5.74) is 5.39. The molecular weight excluding hydrogens is 214 g/mol. The van der Waals surface area contributed by atoms with Crippen molar-refractivity contribution in [3.05, 3.63) is 0 Å². The molecule has 1 aliphatic rings. The molecule has 4 heteroatoms. The van der Waals surface area contributed by atoms with Crippen molar-refractivity contribution in [3.8, 4) is 0 Å². The van der Waals surface area contributed by atoms with Gasteiger partial charge in [0.2, 0.25) is 5.91 Å². The van der Waals surface area contributed by atoms with E-state index in [2.05, 4.69) is 37.9 Å².